The zero-order chi connectivity index (χ0) is 9.68. The number of hydrogen-bond acceptors (Lipinski definition) is 2. The van der Waals surface area contributed by atoms with Gasteiger partial charge in [0, 0.05) is 10.2 Å². The summed E-state index contributed by atoms with van der Waals surface area (Å²) in [6.45, 7) is 1.62. The van der Waals surface area contributed by atoms with Crippen LogP contribution in [0.3, 0.4) is 0 Å². The highest BCUT2D eigenvalue weighted by molar-refractivity contribution is 9.10. The number of ketones is 1. The average Bonchev–Trinajstić information content (AvgIpc) is 2.08. The lowest BCUT2D eigenvalue weighted by Crippen LogP contribution is -1.93. The lowest BCUT2D eigenvalue weighted by molar-refractivity contribution is -0.114. The summed E-state index contributed by atoms with van der Waals surface area (Å²) in [5.41, 5.74) is 1.26. The van der Waals surface area contributed by atoms with Crippen molar-refractivity contribution >= 4 is 33.5 Å². The van der Waals surface area contributed by atoms with Gasteiger partial charge in [-0.3, -0.25) is 4.79 Å². The molecule has 0 N–H and O–H groups in total. The van der Waals surface area contributed by atoms with Gasteiger partial charge in [-0.15, -0.1) is 11.8 Å². The predicted octanol–water partition coefficient (Wildman–Crippen LogP) is 3.27. The Morgan fingerprint density at radius 3 is 2.54 bits per heavy atom. The van der Waals surface area contributed by atoms with E-state index in [0.717, 1.165) is 10.2 Å². The minimum absolute atomic E-state index is 0.238. The van der Waals surface area contributed by atoms with Crippen molar-refractivity contribution in [3.8, 4) is 0 Å². The van der Waals surface area contributed by atoms with Gasteiger partial charge in [0.25, 0.3) is 0 Å². The normalized spacial score (nSPS) is 10.0. The summed E-state index contributed by atoms with van der Waals surface area (Å²) in [6, 6.07) is 8.17. The van der Waals surface area contributed by atoms with Crippen LogP contribution in [-0.2, 0) is 10.5 Å². The molecule has 0 atom stereocenters. The lowest BCUT2D eigenvalue weighted by Gasteiger charge is -1.99. The minimum Gasteiger partial charge on any atom is -0.299 e. The smallest absolute Gasteiger partial charge is 0.139 e. The molecule has 0 amide bonds. The number of rotatable bonds is 4. The standard InChI is InChI=1S/C10H11BrOS/c1-8(12)6-13-7-9-2-4-10(11)5-3-9/h2-5H,6-7H2,1H3. The molecule has 0 saturated carbocycles. The second kappa shape index (κ2) is 5.45. The van der Waals surface area contributed by atoms with Gasteiger partial charge in [-0.1, -0.05) is 28.1 Å². The van der Waals surface area contributed by atoms with Crippen LogP contribution in [0.15, 0.2) is 28.7 Å². The van der Waals surface area contributed by atoms with E-state index in [-0.39, 0.29) is 5.78 Å². The maximum atomic E-state index is 10.7. The fourth-order valence-electron chi connectivity index (χ4n) is 0.893. The Bertz CT molecular complexity index is 281. The van der Waals surface area contributed by atoms with Gasteiger partial charge < -0.3 is 0 Å². The van der Waals surface area contributed by atoms with Gasteiger partial charge in [0.05, 0.1) is 5.75 Å². The van der Waals surface area contributed by atoms with Crippen molar-refractivity contribution in [1.82, 2.24) is 0 Å². The third-order valence-corrected chi connectivity index (χ3v) is 3.16. The minimum atomic E-state index is 0.238. The Morgan fingerprint density at radius 1 is 1.38 bits per heavy atom. The number of halogens is 1. The van der Waals surface area contributed by atoms with Gasteiger partial charge in [-0.2, -0.15) is 0 Å². The zero-order valence-electron chi connectivity index (χ0n) is 7.42. The maximum absolute atomic E-state index is 10.7. The van der Waals surface area contributed by atoms with Crippen LogP contribution in [0, 0.1) is 0 Å². The molecule has 70 valence electrons. The monoisotopic (exact) mass is 258 g/mol. The Morgan fingerprint density at radius 2 is 2.00 bits per heavy atom. The Hall–Kier alpha value is -0.280. The zero-order valence-corrected chi connectivity index (χ0v) is 9.82. The van der Waals surface area contributed by atoms with Gasteiger partial charge >= 0.3 is 0 Å². The molecule has 0 unspecified atom stereocenters. The van der Waals surface area contributed by atoms with Crippen LogP contribution in [0.1, 0.15) is 12.5 Å². The summed E-state index contributed by atoms with van der Waals surface area (Å²) < 4.78 is 1.09. The molecule has 1 aromatic rings. The Kier molecular flexibility index (Phi) is 4.53. The summed E-state index contributed by atoms with van der Waals surface area (Å²) in [7, 11) is 0. The summed E-state index contributed by atoms with van der Waals surface area (Å²) in [4.78, 5) is 10.7. The van der Waals surface area contributed by atoms with Crippen molar-refractivity contribution in [3.05, 3.63) is 34.3 Å². The summed E-state index contributed by atoms with van der Waals surface area (Å²) in [6.07, 6.45) is 0. The third kappa shape index (κ3) is 4.48. The molecule has 0 fully saturated rings. The molecule has 0 aromatic heterocycles. The predicted molar refractivity (Wildman–Crippen MR) is 61.0 cm³/mol. The van der Waals surface area contributed by atoms with E-state index in [1.165, 1.54) is 5.56 Å². The highest BCUT2D eigenvalue weighted by Crippen LogP contribution is 2.15. The van der Waals surface area contributed by atoms with Gasteiger partial charge in [-0.25, -0.2) is 0 Å². The van der Waals surface area contributed by atoms with Crippen molar-refractivity contribution in [2.45, 2.75) is 12.7 Å². The third-order valence-electron chi connectivity index (χ3n) is 1.49. The molecule has 0 radical (unpaired) electrons. The molecule has 0 heterocycles. The SMILES string of the molecule is CC(=O)CSCc1ccc(Br)cc1. The average molecular weight is 259 g/mol. The number of Topliss-reactive ketones (excluding diaryl/α,β-unsaturated/α-hetero) is 1. The highest BCUT2D eigenvalue weighted by atomic mass is 79.9. The molecule has 1 nitrogen and oxygen atoms in total. The van der Waals surface area contributed by atoms with Crippen LogP contribution >= 0.6 is 27.7 Å². The van der Waals surface area contributed by atoms with E-state index in [2.05, 4.69) is 28.1 Å². The molecule has 0 aliphatic carbocycles. The van der Waals surface area contributed by atoms with Gasteiger partial charge in [-0.05, 0) is 24.6 Å². The molecular formula is C10H11BrOS. The first-order valence-corrected chi connectivity index (χ1v) is 5.95. The lowest BCUT2D eigenvalue weighted by atomic mass is 10.2. The van der Waals surface area contributed by atoms with E-state index in [9.17, 15) is 4.79 Å². The number of carbonyl (C=O) groups excluding carboxylic acids is 1. The van der Waals surface area contributed by atoms with E-state index in [4.69, 9.17) is 0 Å². The van der Waals surface area contributed by atoms with Crippen LogP contribution in [-0.4, -0.2) is 11.5 Å². The summed E-state index contributed by atoms with van der Waals surface area (Å²) in [5.74, 6) is 1.75. The van der Waals surface area contributed by atoms with E-state index in [0.29, 0.717) is 5.75 Å². The molecule has 0 spiro atoms. The number of benzene rings is 1. The quantitative estimate of drug-likeness (QED) is 0.825. The molecule has 13 heavy (non-hydrogen) atoms. The largest absolute Gasteiger partial charge is 0.299 e. The summed E-state index contributed by atoms with van der Waals surface area (Å²) in [5, 5.41) is 0. The first-order valence-electron chi connectivity index (χ1n) is 4.00. The fourth-order valence-corrected chi connectivity index (χ4v) is 1.98. The molecule has 0 bridgehead atoms. The van der Waals surface area contributed by atoms with Crippen molar-refractivity contribution < 1.29 is 4.79 Å². The topological polar surface area (TPSA) is 17.1 Å². The number of carbonyl (C=O) groups is 1. The van der Waals surface area contributed by atoms with Crippen molar-refractivity contribution in [3.63, 3.8) is 0 Å². The van der Waals surface area contributed by atoms with Crippen LogP contribution < -0.4 is 0 Å². The van der Waals surface area contributed by atoms with Crippen molar-refractivity contribution in [2.24, 2.45) is 0 Å². The van der Waals surface area contributed by atoms with Gasteiger partial charge in [0.2, 0.25) is 0 Å². The molecule has 1 aromatic carbocycles. The van der Waals surface area contributed by atoms with Crippen molar-refractivity contribution in [2.75, 3.05) is 5.75 Å². The summed E-state index contributed by atoms with van der Waals surface area (Å²) >= 11 is 5.03. The molecular weight excluding hydrogens is 248 g/mol. The maximum Gasteiger partial charge on any atom is 0.139 e. The van der Waals surface area contributed by atoms with Gasteiger partial charge in [0.15, 0.2) is 0 Å². The van der Waals surface area contributed by atoms with Crippen LogP contribution in [0.5, 0.6) is 0 Å². The van der Waals surface area contributed by atoms with Gasteiger partial charge in [0.1, 0.15) is 5.78 Å². The Balaban J connectivity index is 2.37. The molecule has 1 rings (SSSR count). The highest BCUT2D eigenvalue weighted by Gasteiger charge is 1.96. The second-order valence-electron chi connectivity index (χ2n) is 2.82. The molecule has 3 heteroatoms. The van der Waals surface area contributed by atoms with E-state index in [1.807, 2.05) is 12.1 Å². The molecule has 0 saturated heterocycles. The molecule has 0 aliphatic heterocycles. The van der Waals surface area contributed by atoms with Crippen molar-refractivity contribution in [1.29, 1.82) is 0 Å². The number of thioether (sulfide) groups is 1. The van der Waals surface area contributed by atoms with E-state index < -0.39 is 0 Å². The van der Waals surface area contributed by atoms with Crippen LogP contribution in [0.2, 0.25) is 0 Å². The molecule has 0 aliphatic rings. The second-order valence-corrected chi connectivity index (χ2v) is 4.72. The number of hydrogen-bond donors (Lipinski definition) is 0. The van der Waals surface area contributed by atoms with E-state index >= 15 is 0 Å². The van der Waals surface area contributed by atoms with Crippen LogP contribution in [0.4, 0.5) is 0 Å². The fraction of sp³-hybridized carbons (Fsp3) is 0.300. The Labute approximate surface area is 91.0 Å². The first kappa shape index (κ1) is 10.8. The van der Waals surface area contributed by atoms with E-state index in [1.54, 1.807) is 18.7 Å². The van der Waals surface area contributed by atoms with Crippen LogP contribution in [0.25, 0.3) is 0 Å². The first-order chi connectivity index (χ1) is 6.18.